The maximum Gasteiger partial charge on any atom is 0.251 e. The number of amides is 1. The molecule has 1 amide bonds. The van der Waals surface area contributed by atoms with E-state index in [1.54, 1.807) is 24.3 Å². The van der Waals surface area contributed by atoms with Crippen LogP contribution in [0.2, 0.25) is 5.02 Å². The number of ether oxygens (including phenoxy) is 1. The molecule has 0 unspecified atom stereocenters. The zero-order valence-corrected chi connectivity index (χ0v) is 16.4. The predicted molar refractivity (Wildman–Crippen MR) is 108 cm³/mol. The van der Waals surface area contributed by atoms with Gasteiger partial charge >= 0.3 is 0 Å². The highest BCUT2D eigenvalue weighted by Gasteiger charge is 2.22. The topological polar surface area (TPSA) is 58.6 Å². The van der Waals surface area contributed by atoms with E-state index in [-0.39, 0.29) is 11.7 Å². The summed E-state index contributed by atoms with van der Waals surface area (Å²) >= 11 is 6.09. The molecule has 1 saturated heterocycles. The van der Waals surface area contributed by atoms with Crippen molar-refractivity contribution in [3.8, 4) is 0 Å². The second-order valence-electron chi connectivity index (χ2n) is 7.21. The number of nitrogens with zero attached hydrogens (tertiary/aromatic N) is 1. The largest absolute Gasteiger partial charge is 0.379 e. The van der Waals surface area contributed by atoms with Crippen LogP contribution in [0.1, 0.15) is 37.4 Å². The van der Waals surface area contributed by atoms with E-state index in [2.05, 4.69) is 10.2 Å². The molecule has 146 valence electrons. The molecule has 0 spiro atoms. The Morgan fingerprint density at radius 3 is 2.64 bits per heavy atom. The van der Waals surface area contributed by atoms with Gasteiger partial charge in [0.25, 0.3) is 5.91 Å². The molecule has 1 aliphatic heterocycles. The van der Waals surface area contributed by atoms with Gasteiger partial charge in [0.05, 0.1) is 13.2 Å². The number of carbonyl (C=O) groups excluding carboxylic acids is 2. The van der Waals surface area contributed by atoms with Crippen LogP contribution in [-0.4, -0.2) is 56.0 Å². The molecule has 0 bridgehead atoms. The second kappa shape index (κ2) is 8.43. The molecular weight excluding hydrogens is 376 g/mol. The summed E-state index contributed by atoms with van der Waals surface area (Å²) in [6.07, 6.45) is 1.52. The first-order chi connectivity index (χ1) is 13.6. The summed E-state index contributed by atoms with van der Waals surface area (Å²) in [4.78, 5) is 27.9. The Morgan fingerprint density at radius 2 is 1.82 bits per heavy atom. The van der Waals surface area contributed by atoms with Gasteiger partial charge in [0.1, 0.15) is 0 Å². The highest BCUT2D eigenvalue weighted by Crippen LogP contribution is 2.27. The number of fused-ring (bicyclic) bond motifs is 2. The highest BCUT2D eigenvalue weighted by molar-refractivity contribution is 6.30. The third-order valence-corrected chi connectivity index (χ3v) is 5.64. The van der Waals surface area contributed by atoms with Gasteiger partial charge in [0.2, 0.25) is 0 Å². The van der Waals surface area contributed by atoms with Gasteiger partial charge < -0.3 is 10.1 Å². The average molecular weight is 399 g/mol. The summed E-state index contributed by atoms with van der Waals surface area (Å²) in [5, 5.41) is 3.60. The van der Waals surface area contributed by atoms with E-state index in [4.69, 9.17) is 16.3 Å². The number of hydrogen-bond acceptors (Lipinski definition) is 4. The van der Waals surface area contributed by atoms with Gasteiger partial charge in [-0.15, -0.1) is 0 Å². The van der Waals surface area contributed by atoms with Crippen molar-refractivity contribution in [2.75, 3.05) is 39.4 Å². The normalized spacial score (nSPS) is 16.8. The van der Waals surface area contributed by atoms with Crippen molar-refractivity contribution in [2.45, 2.75) is 12.8 Å². The summed E-state index contributed by atoms with van der Waals surface area (Å²) in [5.74, 6) is -0.188. The lowest BCUT2D eigenvalue weighted by Crippen LogP contribution is -2.41. The van der Waals surface area contributed by atoms with Crippen LogP contribution in [0.5, 0.6) is 0 Å². The summed E-state index contributed by atoms with van der Waals surface area (Å²) in [6.45, 7) is 4.65. The van der Waals surface area contributed by atoms with Crippen molar-refractivity contribution in [1.82, 2.24) is 10.2 Å². The minimum atomic E-state index is -0.149. The van der Waals surface area contributed by atoms with Crippen LogP contribution < -0.4 is 5.32 Å². The molecule has 1 aliphatic carbocycles. The van der Waals surface area contributed by atoms with E-state index < -0.39 is 0 Å². The molecule has 4 rings (SSSR count). The second-order valence-corrected chi connectivity index (χ2v) is 7.65. The molecule has 5 nitrogen and oxygen atoms in total. The van der Waals surface area contributed by atoms with Gasteiger partial charge in [0, 0.05) is 47.9 Å². The minimum Gasteiger partial charge on any atom is -0.379 e. The van der Waals surface area contributed by atoms with E-state index >= 15 is 0 Å². The summed E-state index contributed by atoms with van der Waals surface area (Å²) in [5.41, 5.74) is 3.74. The van der Waals surface area contributed by atoms with Gasteiger partial charge in [0.15, 0.2) is 5.78 Å². The van der Waals surface area contributed by atoms with Crippen LogP contribution in [0.3, 0.4) is 0 Å². The Balaban J connectivity index is 1.47. The van der Waals surface area contributed by atoms with E-state index in [9.17, 15) is 9.59 Å². The first-order valence-electron chi connectivity index (χ1n) is 9.66. The molecule has 0 radical (unpaired) electrons. The maximum absolute atomic E-state index is 13.0. The lowest BCUT2D eigenvalue weighted by atomic mass is 9.97. The number of morpholine rings is 1. The predicted octanol–water partition coefficient (Wildman–Crippen LogP) is 2.73. The average Bonchev–Trinajstić information content (AvgIpc) is 2.85. The van der Waals surface area contributed by atoms with Crippen molar-refractivity contribution < 1.29 is 14.3 Å². The van der Waals surface area contributed by atoms with E-state index in [0.717, 1.165) is 56.8 Å². The molecule has 2 aliphatic rings. The SMILES string of the molecule is O=C(NCCN1CCOCC1)c1ccc2c(c1)C(=O)c1ccc(Cl)cc1CC2. The molecule has 1 N–H and O–H groups in total. The van der Waals surface area contributed by atoms with Crippen LogP contribution in [0.25, 0.3) is 0 Å². The zero-order valence-electron chi connectivity index (χ0n) is 15.7. The monoisotopic (exact) mass is 398 g/mol. The molecule has 2 aromatic carbocycles. The molecular formula is C22H23ClN2O3. The number of benzene rings is 2. The van der Waals surface area contributed by atoms with Crippen LogP contribution in [0.15, 0.2) is 36.4 Å². The highest BCUT2D eigenvalue weighted by atomic mass is 35.5. The first-order valence-corrected chi connectivity index (χ1v) is 10.0. The molecule has 0 saturated carbocycles. The van der Waals surface area contributed by atoms with Crippen molar-refractivity contribution in [1.29, 1.82) is 0 Å². The Bertz CT molecular complexity index is 907. The molecule has 2 aromatic rings. The molecule has 0 aromatic heterocycles. The van der Waals surface area contributed by atoms with E-state index in [0.29, 0.717) is 28.3 Å². The fourth-order valence-corrected chi connectivity index (χ4v) is 4.00. The Hall–Kier alpha value is -2.21. The van der Waals surface area contributed by atoms with Crippen molar-refractivity contribution in [2.24, 2.45) is 0 Å². The van der Waals surface area contributed by atoms with Gasteiger partial charge in [-0.3, -0.25) is 14.5 Å². The molecule has 28 heavy (non-hydrogen) atoms. The Labute approximate surface area is 169 Å². The van der Waals surface area contributed by atoms with Crippen LogP contribution in [-0.2, 0) is 17.6 Å². The lowest BCUT2D eigenvalue weighted by molar-refractivity contribution is 0.0383. The van der Waals surface area contributed by atoms with Gasteiger partial charge in [-0.1, -0.05) is 17.7 Å². The third kappa shape index (κ3) is 4.12. The standard InChI is InChI=1S/C22H23ClN2O3/c23-18-5-6-19-16(13-18)3-1-15-2-4-17(14-20(15)21(19)26)22(27)24-7-8-25-9-11-28-12-10-25/h2,4-6,13-14H,1,3,7-12H2,(H,24,27). The van der Waals surface area contributed by atoms with Crippen LogP contribution >= 0.6 is 11.6 Å². The maximum atomic E-state index is 13.0. The molecule has 1 heterocycles. The Kier molecular flexibility index (Phi) is 5.76. The van der Waals surface area contributed by atoms with Gasteiger partial charge in [-0.2, -0.15) is 0 Å². The number of hydrogen-bond donors (Lipinski definition) is 1. The minimum absolute atomic E-state index is 0.0397. The van der Waals surface area contributed by atoms with Gasteiger partial charge in [-0.25, -0.2) is 0 Å². The first kappa shape index (κ1) is 19.1. The van der Waals surface area contributed by atoms with Crippen LogP contribution in [0.4, 0.5) is 0 Å². The number of nitrogens with one attached hydrogen (secondary N) is 1. The molecule has 1 fully saturated rings. The summed E-state index contributed by atoms with van der Waals surface area (Å²) in [7, 11) is 0. The Morgan fingerprint density at radius 1 is 1.04 bits per heavy atom. The van der Waals surface area contributed by atoms with E-state index in [1.807, 2.05) is 12.1 Å². The number of ketones is 1. The van der Waals surface area contributed by atoms with Crippen molar-refractivity contribution >= 4 is 23.3 Å². The van der Waals surface area contributed by atoms with Crippen molar-refractivity contribution in [3.05, 3.63) is 69.2 Å². The summed E-state index contributed by atoms with van der Waals surface area (Å²) < 4.78 is 5.33. The third-order valence-electron chi connectivity index (χ3n) is 5.41. The van der Waals surface area contributed by atoms with Crippen molar-refractivity contribution in [3.63, 3.8) is 0 Å². The van der Waals surface area contributed by atoms with Gasteiger partial charge in [-0.05, 0) is 54.3 Å². The number of carbonyl (C=O) groups is 2. The fourth-order valence-electron chi connectivity index (χ4n) is 3.81. The molecule has 0 atom stereocenters. The fraction of sp³-hybridized carbons (Fsp3) is 0.364. The zero-order chi connectivity index (χ0) is 19.5. The lowest BCUT2D eigenvalue weighted by Gasteiger charge is -2.26. The summed E-state index contributed by atoms with van der Waals surface area (Å²) in [6, 6.07) is 10.8. The quantitative estimate of drug-likeness (QED) is 0.860. The smallest absolute Gasteiger partial charge is 0.251 e. The molecule has 6 heteroatoms. The van der Waals surface area contributed by atoms with E-state index in [1.165, 1.54) is 0 Å². The number of halogens is 1. The number of rotatable bonds is 4. The van der Waals surface area contributed by atoms with Crippen LogP contribution in [0, 0.1) is 0 Å². The number of aryl methyl sites for hydroxylation is 2.